The second kappa shape index (κ2) is 7.10. The van der Waals surface area contributed by atoms with Crippen LogP contribution in [-0.4, -0.2) is 48.8 Å². The van der Waals surface area contributed by atoms with Gasteiger partial charge in [0.2, 0.25) is 0 Å². The summed E-state index contributed by atoms with van der Waals surface area (Å²) in [6, 6.07) is 1.64. The van der Waals surface area contributed by atoms with Crippen molar-refractivity contribution < 1.29 is 31.1 Å². The van der Waals surface area contributed by atoms with Gasteiger partial charge in [-0.15, -0.1) is 0 Å². The van der Waals surface area contributed by atoms with Crippen LogP contribution >= 0.6 is 0 Å². The standard InChI is InChI=1S/C15H16F6N2O/c16-14(17,18)12-7-11(8-13(9-12)15(19,20)21)10-23-3-1-22(2-4-23)5-6-24/h6-9H,1-5,10H2. The minimum atomic E-state index is -4.83. The molecule has 0 aromatic heterocycles. The van der Waals surface area contributed by atoms with Crippen LogP contribution in [0, 0.1) is 0 Å². The maximum atomic E-state index is 12.8. The zero-order chi connectivity index (χ0) is 18.0. The number of rotatable bonds is 4. The molecule has 0 saturated carbocycles. The number of carbonyl (C=O) groups is 1. The Bertz CT molecular complexity index is 544. The summed E-state index contributed by atoms with van der Waals surface area (Å²) in [7, 11) is 0. The van der Waals surface area contributed by atoms with Crippen LogP contribution in [0.5, 0.6) is 0 Å². The molecule has 0 amide bonds. The Morgan fingerprint density at radius 3 is 1.71 bits per heavy atom. The van der Waals surface area contributed by atoms with Crippen molar-refractivity contribution in [1.29, 1.82) is 0 Å². The van der Waals surface area contributed by atoms with Crippen molar-refractivity contribution >= 4 is 6.29 Å². The van der Waals surface area contributed by atoms with Crippen LogP contribution < -0.4 is 0 Å². The molecular formula is C15H16F6N2O. The molecule has 1 saturated heterocycles. The first kappa shape index (κ1) is 18.7. The minimum Gasteiger partial charge on any atom is -0.302 e. The molecule has 1 aliphatic rings. The third-order valence-corrected chi connectivity index (χ3v) is 3.85. The molecule has 0 atom stereocenters. The monoisotopic (exact) mass is 354 g/mol. The Morgan fingerprint density at radius 1 is 0.833 bits per heavy atom. The first-order chi connectivity index (χ1) is 11.1. The fraction of sp³-hybridized carbons (Fsp3) is 0.533. The van der Waals surface area contributed by atoms with E-state index in [-0.39, 0.29) is 24.7 Å². The molecule has 2 rings (SSSR count). The lowest BCUT2D eigenvalue weighted by Crippen LogP contribution is -2.46. The molecule has 0 aliphatic carbocycles. The predicted molar refractivity (Wildman–Crippen MR) is 74.2 cm³/mol. The average Bonchev–Trinajstić information content (AvgIpc) is 2.47. The number of carbonyl (C=O) groups excluding carboxylic acids is 1. The van der Waals surface area contributed by atoms with Crippen molar-refractivity contribution in [1.82, 2.24) is 9.80 Å². The Hall–Kier alpha value is -1.61. The van der Waals surface area contributed by atoms with Crippen LogP contribution in [0.1, 0.15) is 16.7 Å². The highest BCUT2D eigenvalue weighted by atomic mass is 19.4. The lowest BCUT2D eigenvalue weighted by Gasteiger charge is -2.33. The average molecular weight is 354 g/mol. The van der Waals surface area contributed by atoms with Gasteiger partial charge in [-0.25, -0.2) is 0 Å². The fourth-order valence-corrected chi connectivity index (χ4v) is 2.60. The number of hydrogen-bond donors (Lipinski definition) is 0. The highest BCUT2D eigenvalue weighted by Gasteiger charge is 2.37. The van der Waals surface area contributed by atoms with Gasteiger partial charge in [-0.05, 0) is 23.8 Å². The normalized spacial score (nSPS) is 17.9. The highest BCUT2D eigenvalue weighted by Crippen LogP contribution is 2.36. The number of piperazine rings is 1. The van der Waals surface area contributed by atoms with Gasteiger partial charge in [-0.1, -0.05) is 0 Å². The topological polar surface area (TPSA) is 23.6 Å². The second-order valence-electron chi connectivity index (χ2n) is 5.66. The largest absolute Gasteiger partial charge is 0.416 e. The number of aldehydes is 1. The molecule has 0 radical (unpaired) electrons. The number of alkyl halides is 6. The molecule has 0 unspecified atom stereocenters. The molecule has 134 valence electrons. The van der Waals surface area contributed by atoms with E-state index in [1.807, 2.05) is 4.90 Å². The van der Waals surface area contributed by atoms with E-state index in [0.29, 0.717) is 26.2 Å². The first-order valence-electron chi connectivity index (χ1n) is 7.26. The first-order valence-corrected chi connectivity index (χ1v) is 7.26. The van der Waals surface area contributed by atoms with E-state index in [1.165, 1.54) is 0 Å². The van der Waals surface area contributed by atoms with Crippen molar-refractivity contribution in [3.63, 3.8) is 0 Å². The van der Waals surface area contributed by atoms with Gasteiger partial charge in [-0.3, -0.25) is 9.80 Å². The quantitative estimate of drug-likeness (QED) is 0.613. The summed E-state index contributed by atoms with van der Waals surface area (Å²) in [4.78, 5) is 14.1. The smallest absolute Gasteiger partial charge is 0.302 e. The summed E-state index contributed by atoms with van der Waals surface area (Å²) < 4.78 is 77.0. The van der Waals surface area contributed by atoms with Gasteiger partial charge in [0.05, 0.1) is 17.7 Å². The summed E-state index contributed by atoms with van der Waals surface area (Å²) in [5.41, 5.74) is -2.63. The van der Waals surface area contributed by atoms with E-state index in [4.69, 9.17) is 0 Å². The van der Waals surface area contributed by atoms with Crippen LogP contribution in [-0.2, 0) is 23.7 Å². The Kier molecular flexibility index (Phi) is 5.54. The van der Waals surface area contributed by atoms with Gasteiger partial charge < -0.3 is 4.79 Å². The maximum Gasteiger partial charge on any atom is 0.416 e. The summed E-state index contributed by atoms with van der Waals surface area (Å²) in [5.74, 6) is 0. The summed E-state index contributed by atoms with van der Waals surface area (Å²) >= 11 is 0. The number of nitrogens with zero attached hydrogens (tertiary/aromatic N) is 2. The molecule has 1 aromatic carbocycles. The molecule has 1 heterocycles. The molecule has 0 N–H and O–H groups in total. The molecule has 1 aliphatic heterocycles. The highest BCUT2D eigenvalue weighted by molar-refractivity contribution is 5.51. The Balaban J connectivity index is 2.16. The van der Waals surface area contributed by atoms with E-state index < -0.39 is 23.5 Å². The van der Waals surface area contributed by atoms with Crippen molar-refractivity contribution in [3.8, 4) is 0 Å². The zero-order valence-electron chi connectivity index (χ0n) is 12.6. The SMILES string of the molecule is O=CCN1CCN(Cc2cc(C(F)(F)F)cc(C(F)(F)F)c2)CC1. The van der Waals surface area contributed by atoms with E-state index in [2.05, 4.69) is 0 Å². The second-order valence-corrected chi connectivity index (χ2v) is 5.66. The van der Waals surface area contributed by atoms with Crippen LogP contribution in [0.25, 0.3) is 0 Å². The van der Waals surface area contributed by atoms with Crippen molar-refractivity contribution in [2.24, 2.45) is 0 Å². The Labute approximate surface area is 134 Å². The molecule has 9 heteroatoms. The minimum absolute atomic E-state index is 0.00191. The van der Waals surface area contributed by atoms with Crippen LogP contribution in [0.2, 0.25) is 0 Å². The van der Waals surface area contributed by atoms with Crippen LogP contribution in [0.15, 0.2) is 18.2 Å². The molecule has 1 aromatic rings. The summed E-state index contributed by atoms with van der Waals surface area (Å²) in [5, 5.41) is 0. The lowest BCUT2D eigenvalue weighted by atomic mass is 10.0. The van der Waals surface area contributed by atoms with E-state index in [1.54, 1.807) is 4.90 Å². The van der Waals surface area contributed by atoms with Gasteiger partial charge in [0.15, 0.2) is 0 Å². The molecule has 1 fully saturated rings. The van der Waals surface area contributed by atoms with Gasteiger partial charge >= 0.3 is 12.4 Å². The van der Waals surface area contributed by atoms with Crippen molar-refractivity contribution in [2.45, 2.75) is 18.9 Å². The van der Waals surface area contributed by atoms with E-state index in [9.17, 15) is 31.1 Å². The van der Waals surface area contributed by atoms with Gasteiger partial charge in [0, 0.05) is 32.7 Å². The number of benzene rings is 1. The molecular weight excluding hydrogens is 338 g/mol. The van der Waals surface area contributed by atoms with Crippen molar-refractivity contribution in [2.75, 3.05) is 32.7 Å². The summed E-state index contributed by atoms with van der Waals surface area (Å²) in [6.45, 7) is 2.32. The number of halogens is 6. The third-order valence-electron chi connectivity index (χ3n) is 3.85. The zero-order valence-corrected chi connectivity index (χ0v) is 12.6. The summed E-state index contributed by atoms with van der Waals surface area (Å²) in [6.07, 6.45) is -8.91. The predicted octanol–water partition coefficient (Wildman–Crippen LogP) is 3.04. The van der Waals surface area contributed by atoms with E-state index in [0.717, 1.165) is 18.4 Å². The van der Waals surface area contributed by atoms with Crippen molar-refractivity contribution in [3.05, 3.63) is 34.9 Å². The lowest BCUT2D eigenvalue weighted by molar-refractivity contribution is -0.143. The van der Waals surface area contributed by atoms with Crippen LogP contribution in [0.3, 0.4) is 0 Å². The van der Waals surface area contributed by atoms with E-state index >= 15 is 0 Å². The number of hydrogen-bond acceptors (Lipinski definition) is 3. The molecule has 3 nitrogen and oxygen atoms in total. The van der Waals surface area contributed by atoms with Gasteiger partial charge in [0.25, 0.3) is 0 Å². The molecule has 24 heavy (non-hydrogen) atoms. The Morgan fingerprint density at radius 2 is 1.29 bits per heavy atom. The molecule has 0 spiro atoms. The van der Waals surface area contributed by atoms with Gasteiger partial charge in [0.1, 0.15) is 6.29 Å². The third kappa shape index (κ3) is 4.94. The van der Waals surface area contributed by atoms with Crippen LogP contribution in [0.4, 0.5) is 26.3 Å². The fourth-order valence-electron chi connectivity index (χ4n) is 2.60. The van der Waals surface area contributed by atoms with Gasteiger partial charge in [-0.2, -0.15) is 26.3 Å². The molecule has 0 bridgehead atoms. The maximum absolute atomic E-state index is 12.8.